The molecule has 0 bridgehead atoms. The molecule has 0 aliphatic rings. The van der Waals surface area contributed by atoms with E-state index in [2.05, 4.69) is 0 Å². The van der Waals surface area contributed by atoms with Crippen molar-refractivity contribution in [1.29, 1.82) is 0 Å². The molecule has 0 amide bonds. The Morgan fingerprint density at radius 3 is 1.12 bits per heavy atom. The van der Waals surface area contributed by atoms with Gasteiger partial charge in [-0.25, -0.2) is 0 Å². The van der Waals surface area contributed by atoms with E-state index in [1.54, 1.807) is 0 Å². The van der Waals surface area contributed by atoms with Gasteiger partial charge in [0.15, 0.2) is 0 Å². The molecule has 8 heavy (non-hydrogen) atoms. The van der Waals surface area contributed by atoms with Crippen LogP contribution in [0.4, 0.5) is 0 Å². The standard InChI is InChI=1S/Al.Na.H3O4P.H2O/c;;1-5(2,3)4;/h;;(H3,1,2,3,4);1H2/q+3;+1;;/p-4. The summed E-state index contributed by atoms with van der Waals surface area (Å²) in [5, 5.41) is 0. The minimum Gasteiger partial charge on any atom is -0.870 e. The van der Waals surface area contributed by atoms with Crippen LogP contribution in [0.25, 0.3) is 0 Å². The van der Waals surface area contributed by atoms with Crippen molar-refractivity contribution in [3.8, 4) is 0 Å². The summed E-state index contributed by atoms with van der Waals surface area (Å²) in [7, 11) is -5.39. The number of rotatable bonds is 0. The molecule has 1 N–H and O–H groups in total. The monoisotopic (exact) mass is 162 g/mol. The quantitative estimate of drug-likeness (QED) is 0.259. The van der Waals surface area contributed by atoms with Crippen LogP contribution in [0.2, 0.25) is 0 Å². The summed E-state index contributed by atoms with van der Waals surface area (Å²) in [4.78, 5) is 25.6. The van der Waals surface area contributed by atoms with Crippen LogP contribution in [0.15, 0.2) is 0 Å². The smallest absolute Gasteiger partial charge is 0.870 e. The predicted molar refractivity (Wildman–Crippen MR) is 15.3 cm³/mol. The molecule has 0 fully saturated rings. The van der Waals surface area contributed by atoms with Gasteiger partial charge in [0.05, 0.1) is 0 Å². The number of hydrogen-bond donors (Lipinski definition) is 0. The Kier molecular flexibility index (Phi) is 24.3. The fourth-order valence-corrected chi connectivity index (χ4v) is 0. The van der Waals surface area contributed by atoms with Gasteiger partial charge < -0.3 is 24.7 Å². The molecule has 40 valence electrons. The second-order valence-electron chi connectivity index (χ2n) is 0.447. The minimum absolute atomic E-state index is 0. The van der Waals surface area contributed by atoms with E-state index in [-0.39, 0.29) is 52.4 Å². The molecule has 0 saturated heterocycles. The molecule has 0 rings (SSSR count). The Labute approximate surface area is 79.1 Å². The first-order chi connectivity index (χ1) is 2.00. The Hall–Kier alpha value is 1.60. The van der Waals surface area contributed by atoms with Gasteiger partial charge in [0, 0.05) is 0 Å². The Morgan fingerprint density at radius 1 is 1.12 bits per heavy atom. The Morgan fingerprint density at radius 2 is 1.12 bits per heavy atom. The van der Waals surface area contributed by atoms with Gasteiger partial charge in [0.25, 0.3) is 0 Å². The van der Waals surface area contributed by atoms with Gasteiger partial charge >= 0.3 is 46.9 Å². The van der Waals surface area contributed by atoms with Crippen LogP contribution in [0.1, 0.15) is 0 Å². The molecule has 0 radical (unpaired) electrons. The molecule has 0 unspecified atom stereocenters. The SMILES string of the molecule is O=P([O-])([O-])[O-].[Al+3].[Na+].[OH-]. The zero-order chi connectivity index (χ0) is 4.50. The van der Waals surface area contributed by atoms with Crippen LogP contribution in [-0.2, 0) is 4.57 Å². The molecular weight excluding hydrogens is 161 g/mol. The topological polar surface area (TPSA) is 116 Å². The van der Waals surface area contributed by atoms with Gasteiger partial charge in [0.1, 0.15) is 0 Å². The van der Waals surface area contributed by atoms with Crippen molar-refractivity contribution in [3.63, 3.8) is 0 Å². The third-order valence-electron chi connectivity index (χ3n) is 0. The van der Waals surface area contributed by atoms with Crippen LogP contribution in [0, 0.1) is 0 Å². The summed E-state index contributed by atoms with van der Waals surface area (Å²) in [6.07, 6.45) is 0. The first kappa shape index (κ1) is 22.6. The van der Waals surface area contributed by atoms with Crippen LogP contribution >= 0.6 is 7.82 Å². The van der Waals surface area contributed by atoms with Crippen LogP contribution in [0.3, 0.4) is 0 Å². The molecule has 0 heterocycles. The van der Waals surface area contributed by atoms with E-state index >= 15 is 0 Å². The largest absolute Gasteiger partial charge is 3.00 e. The van der Waals surface area contributed by atoms with Crippen LogP contribution in [-0.4, -0.2) is 22.8 Å². The molecule has 0 aromatic heterocycles. The maximum atomic E-state index is 8.55. The molecule has 0 aliphatic carbocycles. The van der Waals surface area contributed by atoms with Crippen molar-refractivity contribution in [2.45, 2.75) is 0 Å². The van der Waals surface area contributed by atoms with Gasteiger partial charge in [-0.2, -0.15) is 7.82 Å². The summed E-state index contributed by atoms with van der Waals surface area (Å²) in [6.45, 7) is 0. The van der Waals surface area contributed by atoms with Crippen LogP contribution in [0.5, 0.6) is 0 Å². The third kappa shape index (κ3) is 129. The van der Waals surface area contributed by atoms with Crippen molar-refractivity contribution in [2.24, 2.45) is 0 Å². The predicted octanol–water partition coefficient (Wildman–Crippen LogP) is -6.38. The summed E-state index contributed by atoms with van der Waals surface area (Å²) in [6, 6.07) is 0. The van der Waals surface area contributed by atoms with E-state index in [0.717, 1.165) is 0 Å². The van der Waals surface area contributed by atoms with E-state index in [4.69, 9.17) is 19.2 Å². The second kappa shape index (κ2) is 8.60. The molecular formula is HAlNaO5P. The van der Waals surface area contributed by atoms with Gasteiger partial charge in [-0.05, 0) is 0 Å². The molecule has 0 aromatic carbocycles. The van der Waals surface area contributed by atoms with Gasteiger partial charge in [-0.1, -0.05) is 0 Å². The molecule has 8 heteroatoms. The fourth-order valence-electron chi connectivity index (χ4n) is 0. The van der Waals surface area contributed by atoms with E-state index in [0.29, 0.717) is 0 Å². The summed E-state index contributed by atoms with van der Waals surface area (Å²) in [5.41, 5.74) is 0. The summed E-state index contributed by atoms with van der Waals surface area (Å²) < 4.78 is 8.55. The Bertz CT molecular complexity index is 58.6. The van der Waals surface area contributed by atoms with Gasteiger partial charge in [-0.15, -0.1) is 0 Å². The molecule has 0 spiro atoms. The zero-order valence-electron chi connectivity index (χ0n) is 4.10. The molecule has 0 aliphatic heterocycles. The van der Waals surface area contributed by atoms with Crippen molar-refractivity contribution in [1.82, 2.24) is 0 Å². The van der Waals surface area contributed by atoms with Crippen LogP contribution < -0.4 is 44.2 Å². The van der Waals surface area contributed by atoms with E-state index in [9.17, 15) is 0 Å². The van der Waals surface area contributed by atoms with Crippen molar-refractivity contribution in [3.05, 3.63) is 0 Å². The Balaban J connectivity index is -0.0000000267. The van der Waals surface area contributed by atoms with Gasteiger partial charge in [0.2, 0.25) is 0 Å². The third-order valence-corrected chi connectivity index (χ3v) is 0. The van der Waals surface area contributed by atoms with Crippen molar-refractivity contribution >= 4 is 25.2 Å². The molecule has 5 nitrogen and oxygen atoms in total. The van der Waals surface area contributed by atoms with E-state index in [1.807, 2.05) is 0 Å². The maximum Gasteiger partial charge on any atom is 3.00 e. The van der Waals surface area contributed by atoms with Crippen molar-refractivity contribution < 1.29 is 54.3 Å². The summed E-state index contributed by atoms with van der Waals surface area (Å²) >= 11 is 0. The maximum absolute atomic E-state index is 8.55. The molecule has 0 aromatic rings. The average molecular weight is 162 g/mol. The molecule has 0 atom stereocenters. The van der Waals surface area contributed by atoms with Crippen molar-refractivity contribution in [2.75, 3.05) is 0 Å². The zero-order valence-corrected chi connectivity index (χ0v) is 8.15. The minimum atomic E-state index is -5.39. The molecule has 0 saturated carbocycles. The fraction of sp³-hybridized carbons (Fsp3) is 0. The first-order valence-corrected chi connectivity index (χ1v) is 2.19. The van der Waals surface area contributed by atoms with Gasteiger partial charge in [-0.3, -0.25) is 0 Å². The summed E-state index contributed by atoms with van der Waals surface area (Å²) in [5.74, 6) is 0. The average Bonchev–Trinajstić information content (AvgIpc) is 0.722. The second-order valence-corrected chi connectivity index (χ2v) is 1.34. The number of hydrogen-bond acceptors (Lipinski definition) is 5. The van der Waals surface area contributed by atoms with E-state index in [1.165, 1.54) is 0 Å². The normalized spacial score (nSPS) is 7.38. The first-order valence-electron chi connectivity index (χ1n) is 0.730. The number of phosphoric acid groups is 1. The van der Waals surface area contributed by atoms with E-state index < -0.39 is 7.82 Å².